The van der Waals surface area contributed by atoms with Gasteiger partial charge in [-0.25, -0.2) is 9.67 Å². The van der Waals surface area contributed by atoms with E-state index in [1.165, 1.54) is 11.9 Å². The van der Waals surface area contributed by atoms with E-state index in [4.69, 9.17) is 0 Å². The first-order chi connectivity index (χ1) is 12.9. The molecule has 1 heterocycles. The Morgan fingerprint density at radius 2 is 1.93 bits per heavy atom. The summed E-state index contributed by atoms with van der Waals surface area (Å²) in [5, 5.41) is 7.13. The average molecular weight is 363 g/mol. The molecule has 2 aromatic carbocycles. The molecule has 0 saturated heterocycles. The van der Waals surface area contributed by atoms with E-state index in [2.05, 4.69) is 40.5 Å². The summed E-state index contributed by atoms with van der Waals surface area (Å²) in [6, 6.07) is 14.3. The predicted octanol–water partition coefficient (Wildman–Crippen LogP) is 3.52. The molecule has 6 nitrogen and oxygen atoms in total. The Morgan fingerprint density at radius 3 is 2.56 bits per heavy atom. The largest absolute Gasteiger partial charge is 0.325 e. The minimum atomic E-state index is -0.0180. The van der Waals surface area contributed by atoms with Crippen molar-refractivity contribution in [1.82, 2.24) is 19.7 Å². The lowest BCUT2D eigenvalue weighted by molar-refractivity contribution is -0.117. The van der Waals surface area contributed by atoms with Gasteiger partial charge in [-0.15, -0.1) is 0 Å². The van der Waals surface area contributed by atoms with Crippen molar-refractivity contribution in [2.24, 2.45) is 0 Å². The van der Waals surface area contributed by atoms with Gasteiger partial charge in [0.2, 0.25) is 5.91 Å². The molecule has 0 radical (unpaired) electrons. The van der Waals surface area contributed by atoms with Gasteiger partial charge in [-0.1, -0.05) is 29.8 Å². The van der Waals surface area contributed by atoms with Crippen molar-refractivity contribution >= 4 is 11.6 Å². The van der Waals surface area contributed by atoms with Crippen LogP contribution in [-0.4, -0.2) is 39.2 Å². The minimum Gasteiger partial charge on any atom is -0.325 e. The summed E-state index contributed by atoms with van der Waals surface area (Å²) in [4.78, 5) is 18.4. The van der Waals surface area contributed by atoms with Gasteiger partial charge in [-0.05, 0) is 57.1 Å². The molecule has 1 aromatic heterocycles. The molecular formula is C21H25N5O. The summed E-state index contributed by atoms with van der Waals surface area (Å²) in [7, 11) is 1.96. The van der Waals surface area contributed by atoms with Crippen LogP contribution in [0.2, 0.25) is 0 Å². The molecule has 27 heavy (non-hydrogen) atoms. The number of rotatable bonds is 6. The maximum atomic E-state index is 12.4. The molecular weight excluding hydrogens is 338 g/mol. The molecule has 1 N–H and O–H groups in total. The van der Waals surface area contributed by atoms with Crippen molar-refractivity contribution in [3.05, 3.63) is 71.8 Å². The SMILES string of the molecule is Cc1ccc(NC(=O)CN(C)[C@H](C)c2ccc(-n3cncn3)cc2)c(C)c1. The number of carbonyl (C=O) groups excluding carboxylic acids is 1. The van der Waals surface area contributed by atoms with E-state index in [-0.39, 0.29) is 11.9 Å². The van der Waals surface area contributed by atoms with Gasteiger partial charge < -0.3 is 5.32 Å². The molecule has 0 unspecified atom stereocenters. The van der Waals surface area contributed by atoms with Crippen LogP contribution in [0, 0.1) is 13.8 Å². The third-order valence-corrected chi connectivity index (χ3v) is 4.77. The summed E-state index contributed by atoms with van der Waals surface area (Å²) in [5.74, 6) is -0.0180. The normalized spacial score (nSPS) is 12.2. The fraction of sp³-hybridized carbons (Fsp3) is 0.286. The van der Waals surface area contributed by atoms with Crippen molar-refractivity contribution in [3.63, 3.8) is 0 Å². The summed E-state index contributed by atoms with van der Waals surface area (Å²) >= 11 is 0. The maximum Gasteiger partial charge on any atom is 0.238 e. The second-order valence-electron chi connectivity index (χ2n) is 6.89. The molecule has 0 aliphatic rings. The molecule has 0 aliphatic carbocycles. The number of aromatic nitrogens is 3. The molecule has 1 amide bonds. The minimum absolute atomic E-state index is 0.0180. The van der Waals surface area contributed by atoms with Crippen molar-refractivity contribution in [1.29, 1.82) is 0 Å². The van der Waals surface area contributed by atoms with Gasteiger partial charge in [0.1, 0.15) is 12.7 Å². The van der Waals surface area contributed by atoms with Gasteiger partial charge in [-0.3, -0.25) is 9.69 Å². The fourth-order valence-corrected chi connectivity index (χ4v) is 3.01. The molecule has 0 saturated carbocycles. The van der Waals surface area contributed by atoms with Gasteiger partial charge in [-0.2, -0.15) is 5.10 Å². The second-order valence-corrected chi connectivity index (χ2v) is 6.89. The van der Waals surface area contributed by atoms with Crippen LogP contribution >= 0.6 is 0 Å². The number of amides is 1. The molecule has 0 spiro atoms. The number of benzene rings is 2. The van der Waals surface area contributed by atoms with E-state index in [0.29, 0.717) is 6.54 Å². The number of anilines is 1. The van der Waals surface area contributed by atoms with Gasteiger partial charge in [0.05, 0.1) is 12.2 Å². The molecule has 140 valence electrons. The van der Waals surface area contributed by atoms with Crippen molar-refractivity contribution in [3.8, 4) is 5.69 Å². The van der Waals surface area contributed by atoms with Crippen molar-refractivity contribution < 1.29 is 4.79 Å². The number of hydrogen-bond donors (Lipinski definition) is 1. The van der Waals surface area contributed by atoms with Crippen LogP contribution in [0.5, 0.6) is 0 Å². The molecule has 3 aromatic rings. The quantitative estimate of drug-likeness (QED) is 0.728. The van der Waals surface area contributed by atoms with Crippen LogP contribution in [-0.2, 0) is 4.79 Å². The average Bonchev–Trinajstić information content (AvgIpc) is 3.18. The van der Waals surface area contributed by atoms with Gasteiger partial charge in [0.15, 0.2) is 0 Å². The number of nitrogens with one attached hydrogen (secondary N) is 1. The highest BCUT2D eigenvalue weighted by atomic mass is 16.2. The molecule has 0 aliphatic heterocycles. The molecule has 1 atom stereocenters. The zero-order valence-electron chi connectivity index (χ0n) is 16.2. The molecule has 0 bridgehead atoms. The zero-order valence-corrected chi connectivity index (χ0v) is 16.2. The fourth-order valence-electron chi connectivity index (χ4n) is 3.01. The lowest BCUT2D eigenvalue weighted by Gasteiger charge is -2.25. The van der Waals surface area contributed by atoms with E-state index < -0.39 is 0 Å². The maximum absolute atomic E-state index is 12.4. The highest BCUT2D eigenvalue weighted by Crippen LogP contribution is 2.21. The Kier molecular flexibility index (Phi) is 5.66. The first kappa shape index (κ1) is 18.8. The lowest BCUT2D eigenvalue weighted by atomic mass is 10.1. The smallest absolute Gasteiger partial charge is 0.238 e. The van der Waals surface area contributed by atoms with E-state index in [0.717, 1.165) is 22.5 Å². The Morgan fingerprint density at radius 1 is 1.19 bits per heavy atom. The molecule has 3 rings (SSSR count). The first-order valence-corrected chi connectivity index (χ1v) is 8.96. The number of likely N-dealkylation sites (N-methyl/N-ethyl adjacent to an activating group) is 1. The highest BCUT2D eigenvalue weighted by Gasteiger charge is 2.15. The predicted molar refractivity (Wildman–Crippen MR) is 107 cm³/mol. The lowest BCUT2D eigenvalue weighted by Crippen LogP contribution is -2.32. The Hall–Kier alpha value is -2.99. The summed E-state index contributed by atoms with van der Waals surface area (Å²) in [6.07, 6.45) is 3.18. The second kappa shape index (κ2) is 8.14. The van der Waals surface area contributed by atoms with Crippen LogP contribution in [0.3, 0.4) is 0 Å². The number of aryl methyl sites for hydroxylation is 2. The van der Waals surface area contributed by atoms with Crippen LogP contribution in [0.25, 0.3) is 5.69 Å². The monoisotopic (exact) mass is 363 g/mol. The molecule has 6 heteroatoms. The van der Waals surface area contributed by atoms with E-state index in [1.807, 2.05) is 50.1 Å². The van der Waals surface area contributed by atoms with Gasteiger partial charge in [0, 0.05) is 11.7 Å². The zero-order chi connectivity index (χ0) is 19.4. The summed E-state index contributed by atoms with van der Waals surface area (Å²) < 4.78 is 1.72. The van der Waals surface area contributed by atoms with Crippen LogP contribution in [0.15, 0.2) is 55.1 Å². The van der Waals surface area contributed by atoms with Gasteiger partial charge >= 0.3 is 0 Å². The van der Waals surface area contributed by atoms with Crippen LogP contribution in [0.1, 0.15) is 29.7 Å². The van der Waals surface area contributed by atoms with E-state index in [1.54, 1.807) is 11.0 Å². The topological polar surface area (TPSA) is 63.1 Å². The van der Waals surface area contributed by atoms with Crippen molar-refractivity contribution in [2.45, 2.75) is 26.8 Å². The standard InChI is InChI=1S/C21H25N5O/c1-15-5-10-20(16(2)11-15)24-21(27)12-25(4)17(3)18-6-8-19(9-7-18)26-14-22-13-23-26/h5-11,13-14,17H,12H2,1-4H3,(H,24,27)/t17-/m1/s1. The van der Waals surface area contributed by atoms with Crippen LogP contribution < -0.4 is 5.32 Å². The number of hydrogen-bond acceptors (Lipinski definition) is 4. The Bertz CT molecular complexity index is 903. The Labute approximate surface area is 159 Å². The number of nitrogens with zero attached hydrogens (tertiary/aromatic N) is 4. The number of carbonyl (C=O) groups is 1. The van der Waals surface area contributed by atoms with Crippen LogP contribution in [0.4, 0.5) is 5.69 Å². The Balaban J connectivity index is 1.61. The van der Waals surface area contributed by atoms with E-state index >= 15 is 0 Å². The summed E-state index contributed by atoms with van der Waals surface area (Å²) in [6.45, 7) is 6.46. The third kappa shape index (κ3) is 4.60. The van der Waals surface area contributed by atoms with E-state index in [9.17, 15) is 4.79 Å². The van der Waals surface area contributed by atoms with Crippen molar-refractivity contribution in [2.75, 3.05) is 18.9 Å². The first-order valence-electron chi connectivity index (χ1n) is 8.96. The highest BCUT2D eigenvalue weighted by molar-refractivity contribution is 5.93. The summed E-state index contributed by atoms with van der Waals surface area (Å²) in [5.41, 5.74) is 5.22. The van der Waals surface area contributed by atoms with Gasteiger partial charge in [0.25, 0.3) is 0 Å². The molecule has 0 fully saturated rings. The third-order valence-electron chi connectivity index (χ3n) is 4.77.